The molecule has 0 radical (unpaired) electrons. The first kappa shape index (κ1) is 9.41. The summed E-state index contributed by atoms with van der Waals surface area (Å²) in [7, 11) is 0. The second-order valence-corrected chi connectivity index (χ2v) is 2.88. The molecule has 1 rings (SSSR count). The van der Waals surface area contributed by atoms with Gasteiger partial charge in [-0.1, -0.05) is 12.2 Å². The van der Waals surface area contributed by atoms with E-state index in [-0.39, 0.29) is 13.0 Å². The Labute approximate surface area is 68.1 Å². The smallest absolute Gasteiger partial charge is 0.466 e. The first-order valence-corrected chi connectivity index (χ1v) is 3.83. The fourth-order valence-electron chi connectivity index (χ4n) is 1.15. The monoisotopic (exact) mass is 181 g/mol. The molecule has 0 heterocycles. The van der Waals surface area contributed by atoms with E-state index in [0.29, 0.717) is 0 Å². The lowest BCUT2D eigenvalue weighted by atomic mass is 9.82. The number of esters is 1. The molecule has 0 aromatic carbocycles. The molecule has 1 saturated carbocycles. The van der Waals surface area contributed by atoms with Gasteiger partial charge in [0.15, 0.2) is 0 Å². The molecule has 6 heteroatoms. The van der Waals surface area contributed by atoms with E-state index in [1.807, 2.05) is 0 Å². The van der Waals surface area contributed by atoms with Crippen LogP contribution in [0.5, 0.6) is 0 Å². The van der Waals surface area contributed by atoms with Crippen LogP contribution in [0.2, 0.25) is 5.82 Å². The SMILES string of the molecule is CCOC(=O)C1C[C@H]1[B-](F)(F)F. The third-order valence-corrected chi connectivity index (χ3v) is 1.91. The van der Waals surface area contributed by atoms with Gasteiger partial charge in [0.2, 0.25) is 0 Å². The molecule has 1 aliphatic rings. The fourth-order valence-corrected chi connectivity index (χ4v) is 1.15. The summed E-state index contributed by atoms with van der Waals surface area (Å²) in [5.74, 6) is -3.02. The third kappa shape index (κ3) is 1.92. The van der Waals surface area contributed by atoms with E-state index in [1.54, 1.807) is 6.92 Å². The van der Waals surface area contributed by atoms with Crippen molar-refractivity contribution in [2.75, 3.05) is 6.61 Å². The van der Waals surface area contributed by atoms with E-state index >= 15 is 0 Å². The van der Waals surface area contributed by atoms with E-state index < -0.39 is 24.7 Å². The molecule has 12 heavy (non-hydrogen) atoms. The average molecular weight is 181 g/mol. The number of carbonyl (C=O) groups excluding carboxylic acids is 1. The van der Waals surface area contributed by atoms with E-state index in [9.17, 15) is 17.7 Å². The van der Waals surface area contributed by atoms with Gasteiger partial charge in [0.1, 0.15) is 0 Å². The maximum absolute atomic E-state index is 11.9. The van der Waals surface area contributed by atoms with Crippen LogP contribution in [0.1, 0.15) is 13.3 Å². The highest BCUT2D eigenvalue weighted by molar-refractivity contribution is 6.61. The zero-order valence-electron chi connectivity index (χ0n) is 6.60. The van der Waals surface area contributed by atoms with Crippen molar-refractivity contribution < 1.29 is 22.5 Å². The van der Waals surface area contributed by atoms with Crippen molar-refractivity contribution in [3.8, 4) is 0 Å². The van der Waals surface area contributed by atoms with Gasteiger partial charge in [-0.3, -0.25) is 4.79 Å². The highest BCUT2D eigenvalue weighted by Gasteiger charge is 2.54. The van der Waals surface area contributed by atoms with E-state index in [1.165, 1.54) is 0 Å². The van der Waals surface area contributed by atoms with Crippen LogP contribution in [0.15, 0.2) is 0 Å². The Balaban J connectivity index is 2.37. The number of hydrogen-bond acceptors (Lipinski definition) is 2. The van der Waals surface area contributed by atoms with Crippen LogP contribution in [0, 0.1) is 5.92 Å². The van der Waals surface area contributed by atoms with Gasteiger partial charge in [0, 0.05) is 5.92 Å². The van der Waals surface area contributed by atoms with E-state index in [2.05, 4.69) is 4.74 Å². The van der Waals surface area contributed by atoms with Crippen LogP contribution in [-0.2, 0) is 9.53 Å². The minimum atomic E-state index is -4.84. The molecule has 0 N–H and O–H groups in total. The number of rotatable bonds is 3. The molecule has 70 valence electrons. The first-order chi connectivity index (χ1) is 5.46. The topological polar surface area (TPSA) is 26.3 Å². The zero-order chi connectivity index (χ0) is 9.35. The third-order valence-electron chi connectivity index (χ3n) is 1.91. The summed E-state index contributed by atoms with van der Waals surface area (Å²) in [6, 6.07) is 0. The highest BCUT2D eigenvalue weighted by Crippen LogP contribution is 2.53. The summed E-state index contributed by atoms with van der Waals surface area (Å²) in [6.45, 7) is -3.12. The number of carbonyl (C=O) groups is 1. The summed E-state index contributed by atoms with van der Waals surface area (Å²) < 4.78 is 40.3. The Morgan fingerprint density at radius 1 is 1.58 bits per heavy atom. The van der Waals surface area contributed by atoms with Gasteiger partial charge in [-0.05, 0) is 6.92 Å². The van der Waals surface area contributed by atoms with Gasteiger partial charge in [-0.25, -0.2) is 0 Å². The minimum Gasteiger partial charge on any atom is -0.466 e. The molecule has 1 unspecified atom stereocenters. The van der Waals surface area contributed by atoms with Gasteiger partial charge >= 0.3 is 12.9 Å². The van der Waals surface area contributed by atoms with Gasteiger partial charge in [0.25, 0.3) is 0 Å². The molecule has 2 nitrogen and oxygen atoms in total. The van der Waals surface area contributed by atoms with Crippen LogP contribution in [0.3, 0.4) is 0 Å². The minimum absolute atomic E-state index is 0.0810. The van der Waals surface area contributed by atoms with Crippen molar-refractivity contribution in [1.82, 2.24) is 0 Å². The van der Waals surface area contributed by atoms with E-state index in [4.69, 9.17) is 0 Å². The zero-order valence-corrected chi connectivity index (χ0v) is 6.60. The van der Waals surface area contributed by atoms with Crippen molar-refractivity contribution in [1.29, 1.82) is 0 Å². The molecule has 0 saturated heterocycles. The second kappa shape index (κ2) is 2.99. The lowest BCUT2D eigenvalue weighted by Gasteiger charge is -2.11. The molecule has 1 fully saturated rings. The second-order valence-electron chi connectivity index (χ2n) is 2.88. The summed E-state index contributed by atoms with van der Waals surface area (Å²) >= 11 is 0. The van der Waals surface area contributed by atoms with E-state index in [0.717, 1.165) is 0 Å². The maximum Gasteiger partial charge on any atom is 0.482 e. The Kier molecular flexibility index (Phi) is 2.35. The summed E-state index contributed by atoms with van der Waals surface area (Å²) in [6.07, 6.45) is -0.0810. The predicted octanol–water partition coefficient (Wildman–Crippen LogP) is 1.79. The average Bonchev–Trinajstić information content (AvgIpc) is 2.62. The standard InChI is InChI=1S/C6H9BF3O2/c1-2-12-6(11)4-3-5(4)7(8,9)10/h4-5H,2-3H2,1H3/q-1/t4?,5-/m1/s1. The number of hydrogen-bond donors (Lipinski definition) is 0. The van der Waals surface area contributed by atoms with Crippen LogP contribution in [0.4, 0.5) is 12.9 Å². The fraction of sp³-hybridized carbons (Fsp3) is 0.833. The molecule has 0 aliphatic heterocycles. The molecule has 0 aromatic heterocycles. The molecular weight excluding hydrogens is 172 g/mol. The summed E-state index contributed by atoms with van der Waals surface area (Å²) in [5.41, 5.74) is 0. The summed E-state index contributed by atoms with van der Waals surface area (Å²) in [5, 5.41) is 0. The van der Waals surface area contributed by atoms with Crippen molar-refractivity contribution in [2.24, 2.45) is 5.92 Å². The van der Waals surface area contributed by atoms with Gasteiger partial charge in [0.05, 0.1) is 6.61 Å². The molecule has 0 spiro atoms. The Bertz CT molecular complexity index is 192. The van der Waals surface area contributed by atoms with Crippen LogP contribution >= 0.6 is 0 Å². The molecule has 0 aromatic rings. The van der Waals surface area contributed by atoms with Crippen molar-refractivity contribution in [3.05, 3.63) is 0 Å². The first-order valence-electron chi connectivity index (χ1n) is 3.83. The van der Waals surface area contributed by atoms with Crippen molar-refractivity contribution >= 4 is 12.9 Å². The molecule has 0 bridgehead atoms. The maximum atomic E-state index is 11.9. The quantitative estimate of drug-likeness (QED) is 0.489. The van der Waals surface area contributed by atoms with Gasteiger partial charge in [-0.2, -0.15) is 0 Å². The van der Waals surface area contributed by atoms with Crippen molar-refractivity contribution in [2.45, 2.75) is 19.2 Å². The predicted molar refractivity (Wildman–Crippen MR) is 37.6 cm³/mol. The normalized spacial score (nSPS) is 28.3. The summed E-state index contributed by atoms with van der Waals surface area (Å²) in [4.78, 5) is 10.8. The van der Waals surface area contributed by atoms with Crippen LogP contribution in [0.25, 0.3) is 0 Å². The van der Waals surface area contributed by atoms with Crippen molar-refractivity contribution in [3.63, 3.8) is 0 Å². The molecular formula is C6H9BF3O2-. The van der Waals surface area contributed by atoms with Gasteiger partial charge < -0.3 is 17.7 Å². The largest absolute Gasteiger partial charge is 0.482 e. The number of halogens is 3. The van der Waals surface area contributed by atoms with Crippen LogP contribution < -0.4 is 0 Å². The lowest BCUT2D eigenvalue weighted by molar-refractivity contribution is -0.144. The lowest BCUT2D eigenvalue weighted by Crippen LogP contribution is -2.18. The van der Waals surface area contributed by atoms with Gasteiger partial charge in [-0.15, -0.1) is 0 Å². The molecule has 1 aliphatic carbocycles. The Morgan fingerprint density at radius 2 is 2.17 bits per heavy atom. The Hall–Kier alpha value is -0.675. The molecule has 2 atom stereocenters. The molecule has 0 amide bonds. The van der Waals surface area contributed by atoms with Crippen LogP contribution in [-0.4, -0.2) is 19.6 Å². The number of ether oxygens (including phenoxy) is 1. The Morgan fingerprint density at radius 3 is 2.50 bits per heavy atom. The highest BCUT2D eigenvalue weighted by atomic mass is 19.4.